The van der Waals surface area contributed by atoms with Gasteiger partial charge in [0.05, 0.1) is 18.0 Å². The van der Waals surface area contributed by atoms with E-state index in [1.165, 1.54) is 6.08 Å². The SMILES string of the molecule is CCOC(=O)/C(C#N)=C/C(C(=O)N1c2ccccc2Sc2ccccc21)[n+]1cccc(C)c1. The van der Waals surface area contributed by atoms with Gasteiger partial charge in [-0.25, -0.2) is 4.79 Å². The third kappa shape index (κ3) is 4.52. The molecule has 3 aromatic rings. The van der Waals surface area contributed by atoms with Crippen molar-refractivity contribution in [2.45, 2.75) is 29.7 Å². The number of nitrogens with zero attached hydrogens (tertiary/aromatic N) is 3. The molecule has 4 rings (SSSR count). The molecule has 1 atom stereocenters. The van der Waals surface area contributed by atoms with Gasteiger partial charge in [0.1, 0.15) is 11.6 Å². The highest BCUT2D eigenvalue weighted by atomic mass is 32.2. The molecule has 0 radical (unpaired) electrons. The third-order valence-electron chi connectivity index (χ3n) is 5.14. The molecule has 0 N–H and O–H groups in total. The summed E-state index contributed by atoms with van der Waals surface area (Å²) in [5.41, 5.74) is 2.24. The van der Waals surface area contributed by atoms with E-state index >= 15 is 0 Å². The fourth-order valence-electron chi connectivity index (χ4n) is 3.67. The summed E-state index contributed by atoms with van der Waals surface area (Å²) in [4.78, 5) is 30.1. The minimum Gasteiger partial charge on any atom is -0.462 e. The van der Waals surface area contributed by atoms with Gasteiger partial charge in [0, 0.05) is 27.5 Å². The van der Waals surface area contributed by atoms with Crippen LogP contribution in [0.1, 0.15) is 18.5 Å². The van der Waals surface area contributed by atoms with Crippen LogP contribution in [0.5, 0.6) is 0 Å². The molecule has 2 aromatic carbocycles. The monoisotopic (exact) mass is 456 g/mol. The summed E-state index contributed by atoms with van der Waals surface area (Å²) in [7, 11) is 0. The highest BCUT2D eigenvalue weighted by Gasteiger charge is 2.37. The fraction of sp³-hybridized carbons (Fsp3) is 0.154. The summed E-state index contributed by atoms with van der Waals surface area (Å²) in [5, 5.41) is 9.62. The molecule has 0 aliphatic carbocycles. The number of carbonyl (C=O) groups excluding carboxylic acids is 2. The van der Waals surface area contributed by atoms with Crippen molar-refractivity contribution in [2.24, 2.45) is 0 Å². The Hall–Kier alpha value is -3.89. The van der Waals surface area contributed by atoms with Crippen LogP contribution in [-0.4, -0.2) is 18.5 Å². The largest absolute Gasteiger partial charge is 0.462 e. The van der Waals surface area contributed by atoms with Gasteiger partial charge in [0.15, 0.2) is 12.4 Å². The number of ether oxygens (including phenoxy) is 1. The average Bonchev–Trinajstić information content (AvgIpc) is 2.83. The predicted molar refractivity (Wildman–Crippen MR) is 125 cm³/mol. The first kappa shape index (κ1) is 22.3. The molecular weight excluding hydrogens is 434 g/mol. The minimum atomic E-state index is -0.937. The zero-order chi connectivity index (χ0) is 23.4. The number of pyridine rings is 1. The number of aryl methyl sites for hydroxylation is 1. The van der Waals surface area contributed by atoms with Gasteiger partial charge < -0.3 is 4.74 Å². The van der Waals surface area contributed by atoms with E-state index in [9.17, 15) is 14.9 Å². The molecule has 1 amide bonds. The van der Waals surface area contributed by atoms with E-state index in [1.807, 2.05) is 79.9 Å². The topological polar surface area (TPSA) is 74.3 Å². The van der Waals surface area contributed by atoms with Gasteiger partial charge in [0.2, 0.25) is 0 Å². The Kier molecular flexibility index (Phi) is 6.57. The summed E-state index contributed by atoms with van der Waals surface area (Å²) >= 11 is 1.60. The molecule has 1 aliphatic rings. The first-order valence-electron chi connectivity index (χ1n) is 10.5. The summed E-state index contributed by atoms with van der Waals surface area (Å²) in [6.07, 6.45) is 4.95. The van der Waals surface area contributed by atoms with Crippen LogP contribution in [0.2, 0.25) is 0 Å². The van der Waals surface area contributed by atoms with Crippen molar-refractivity contribution in [2.75, 3.05) is 11.5 Å². The van der Waals surface area contributed by atoms with Crippen molar-refractivity contribution in [1.29, 1.82) is 5.26 Å². The lowest BCUT2D eigenvalue weighted by molar-refractivity contribution is -0.699. The van der Waals surface area contributed by atoms with E-state index in [1.54, 1.807) is 34.3 Å². The van der Waals surface area contributed by atoms with E-state index in [4.69, 9.17) is 4.74 Å². The number of nitriles is 1. The van der Waals surface area contributed by atoms with E-state index in [2.05, 4.69) is 0 Å². The summed E-state index contributed by atoms with van der Waals surface area (Å²) < 4.78 is 6.74. The Morgan fingerprint density at radius 2 is 1.73 bits per heavy atom. The number of fused-ring (bicyclic) bond motifs is 2. The van der Waals surface area contributed by atoms with Crippen LogP contribution in [0.15, 0.2) is 94.5 Å². The van der Waals surface area contributed by atoms with Gasteiger partial charge in [-0.05, 0) is 44.2 Å². The van der Waals surface area contributed by atoms with Crippen LogP contribution in [0, 0.1) is 18.3 Å². The van der Waals surface area contributed by atoms with Gasteiger partial charge in [-0.1, -0.05) is 36.0 Å². The van der Waals surface area contributed by atoms with Crippen LogP contribution in [0.25, 0.3) is 0 Å². The van der Waals surface area contributed by atoms with Gasteiger partial charge in [0.25, 0.3) is 6.04 Å². The van der Waals surface area contributed by atoms with E-state index in [0.717, 1.165) is 26.7 Å². The van der Waals surface area contributed by atoms with Gasteiger partial charge in [-0.15, -0.1) is 0 Å². The van der Waals surface area contributed by atoms with E-state index < -0.39 is 12.0 Å². The van der Waals surface area contributed by atoms with Crippen LogP contribution < -0.4 is 9.47 Å². The molecule has 0 saturated heterocycles. The molecule has 1 aromatic heterocycles. The molecule has 7 heteroatoms. The lowest BCUT2D eigenvalue weighted by Crippen LogP contribution is -2.48. The molecule has 2 heterocycles. The molecule has 1 aliphatic heterocycles. The number of hydrogen-bond acceptors (Lipinski definition) is 5. The average molecular weight is 457 g/mol. The lowest BCUT2D eigenvalue weighted by atomic mass is 10.1. The molecular formula is C26H22N3O3S+. The second kappa shape index (κ2) is 9.72. The molecule has 0 spiro atoms. The van der Waals surface area contributed by atoms with Crippen molar-refractivity contribution >= 4 is 35.0 Å². The maximum absolute atomic E-state index is 14.2. The maximum atomic E-state index is 14.2. The first-order chi connectivity index (χ1) is 16.0. The number of rotatable bonds is 5. The molecule has 164 valence electrons. The van der Waals surface area contributed by atoms with Crippen LogP contribution in [0.3, 0.4) is 0 Å². The number of esters is 1. The van der Waals surface area contributed by atoms with Gasteiger partial charge >= 0.3 is 11.9 Å². The Morgan fingerprint density at radius 1 is 1.09 bits per heavy atom. The highest BCUT2D eigenvalue weighted by molar-refractivity contribution is 7.99. The summed E-state index contributed by atoms with van der Waals surface area (Å²) in [6.45, 7) is 3.72. The number of benzene rings is 2. The second-order valence-electron chi connectivity index (χ2n) is 7.40. The Bertz CT molecular complexity index is 1250. The van der Waals surface area contributed by atoms with Crippen LogP contribution in [0.4, 0.5) is 11.4 Å². The van der Waals surface area contributed by atoms with Gasteiger partial charge in [-0.3, -0.25) is 9.69 Å². The van der Waals surface area contributed by atoms with Crippen molar-refractivity contribution < 1.29 is 18.9 Å². The standard InChI is InChI=1S/C26H22N3O3S/c1-3-32-26(31)19(16-27)15-22(28-14-8-9-18(2)17-28)25(30)29-20-10-4-6-12-23(20)33-24-13-7-5-11-21(24)29/h4-15,17,22H,3H2,1-2H3/q+1/b19-15+. The lowest BCUT2D eigenvalue weighted by Gasteiger charge is -2.31. The number of amides is 1. The smallest absolute Gasteiger partial charge is 0.348 e. The number of carbonyl (C=O) groups is 2. The Labute approximate surface area is 196 Å². The Morgan fingerprint density at radius 3 is 2.30 bits per heavy atom. The zero-order valence-corrected chi connectivity index (χ0v) is 19.1. The van der Waals surface area contributed by atoms with E-state index in [-0.39, 0.29) is 18.1 Å². The van der Waals surface area contributed by atoms with Crippen molar-refractivity contribution in [3.05, 3.63) is 90.3 Å². The predicted octanol–water partition coefficient (Wildman–Crippen LogP) is 4.67. The minimum absolute atomic E-state index is 0.137. The molecule has 1 unspecified atom stereocenters. The molecule has 0 bridgehead atoms. The van der Waals surface area contributed by atoms with Gasteiger partial charge in [-0.2, -0.15) is 9.83 Å². The number of anilines is 2. The first-order valence-corrected chi connectivity index (χ1v) is 11.3. The summed E-state index contributed by atoms with van der Waals surface area (Å²) in [6, 6.07) is 20.1. The molecule has 0 fully saturated rings. The molecule has 0 saturated carbocycles. The highest BCUT2D eigenvalue weighted by Crippen LogP contribution is 2.48. The van der Waals surface area contributed by atoms with Crippen LogP contribution >= 0.6 is 11.8 Å². The van der Waals surface area contributed by atoms with Crippen molar-refractivity contribution in [3.8, 4) is 6.07 Å². The molecule has 33 heavy (non-hydrogen) atoms. The number of aromatic nitrogens is 1. The van der Waals surface area contributed by atoms with Crippen LogP contribution in [-0.2, 0) is 14.3 Å². The van der Waals surface area contributed by atoms with Crippen molar-refractivity contribution in [3.63, 3.8) is 0 Å². The number of hydrogen-bond donors (Lipinski definition) is 0. The number of para-hydroxylation sites is 2. The fourth-order valence-corrected chi connectivity index (χ4v) is 4.72. The maximum Gasteiger partial charge on any atom is 0.348 e. The zero-order valence-electron chi connectivity index (χ0n) is 18.3. The van der Waals surface area contributed by atoms with Crippen molar-refractivity contribution in [1.82, 2.24) is 0 Å². The Balaban J connectivity index is 1.88. The second-order valence-corrected chi connectivity index (χ2v) is 8.48. The van der Waals surface area contributed by atoms with E-state index in [0.29, 0.717) is 0 Å². The quantitative estimate of drug-likeness (QED) is 0.241. The third-order valence-corrected chi connectivity index (χ3v) is 6.27. The normalized spacial score (nSPS) is 13.4. The summed E-state index contributed by atoms with van der Waals surface area (Å²) in [5.74, 6) is -1.04. The molecule has 6 nitrogen and oxygen atoms in total.